The zero-order valence-corrected chi connectivity index (χ0v) is 13.2. The van der Waals surface area contributed by atoms with Gasteiger partial charge in [-0.2, -0.15) is 5.10 Å². The molecule has 0 aliphatic heterocycles. The highest BCUT2D eigenvalue weighted by atomic mass is 19.1. The second-order valence-electron chi connectivity index (χ2n) is 5.47. The highest BCUT2D eigenvalue weighted by Gasteiger charge is 2.15. The number of nitrogens with zero attached hydrogens (tertiary/aromatic N) is 4. The summed E-state index contributed by atoms with van der Waals surface area (Å²) in [5, 5.41) is 14.9. The van der Waals surface area contributed by atoms with E-state index in [1.807, 2.05) is 12.3 Å². The van der Waals surface area contributed by atoms with Crippen molar-refractivity contribution in [3.8, 4) is 22.6 Å². The van der Waals surface area contributed by atoms with Gasteiger partial charge in [-0.25, -0.2) is 8.91 Å². The quantitative estimate of drug-likeness (QED) is 0.406. The summed E-state index contributed by atoms with van der Waals surface area (Å²) < 4.78 is 21.5. The average Bonchev–Trinajstić information content (AvgIpc) is 3.13. The number of nitro benzene ring substituents is 1. The maximum absolute atomic E-state index is 14.2. The van der Waals surface area contributed by atoms with E-state index in [0.717, 1.165) is 17.2 Å². The first kappa shape index (κ1) is 15.7. The van der Waals surface area contributed by atoms with Crippen molar-refractivity contribution < 1.29 is 14.1 Å². The van der Waals surface area contributed by atoms with Crippen LogP contribution >= 0.6 is 0 Å². The van der Waals surface area contributed by atoms with Gasteiger partial charge in [-0.15, -0.1) is 0 Å². The SMILES string of the molecule is O=[N+]([O-])c1ccc(Oc2cc(-c3cccnc3)cn3nccc23)c(F)c1. The molecule has 3 aromatic heterocycles. The average molecular weight is 350 g/mol. The summed E-state index contributed by atoms with van der Waals surface area (Å²) in [6.45, 7) is 0. The topological polar surface area (TPSA) is 82.6 Å². The lowest BCUT2D eigenvalue weighted by Gasteiger charge is -2.11. The number of fused-ring (bicyclic) bond motifs is 1. The smallest absolute Gasteiger partial charge is 0.272 e. The van der Waals surface area contributed by atoms with Crippen LogP contribution in [0.1, 0.15) is 0 Å². The lowest BCUT2D eigenvalue weighted by Crippen LogP contribution is -1.96. The molecule has 26 heavy (non-hydrogen) atoms. The van der Waals surface area contributed by atoms with Crippen LogP contribution < -0.4 is 4.74 Å². The molecule has 4 rings (SSSR count). The zero-order chi connectivity index (χ0) is 18.1. The van der Waals surface area contributed by atoms with Crippen molar-refractivity contribution >= 4 is 11.2 Å². The Morgan fingerprint density at radius 2 is 1.96 bits per heavy atom. The van der Waals surface area contributed by atoms with E-state index in [1.165, 1.54) is 12.1 Å². The van der Waals surface area contributed by atoms with Crippen molar-refractivity contribution in [3.05, 3.63) is 83.2 Å². The van der Waals surface area contributed by atoms with Gasteiger partial charge in [-0.3, -0.25) is 15.1 Å². The van der Waals surface area contributed by atoms with E-state index in [9.17, 15) is 14.5 Å². The number of benzene rings is 1. The molecule has 1 aromatic carbocycles. The second kappa shape index (κ2) is 6.25. The monoisotopic (exact) mass is 350 g/mol. The van der Waals surface area contributed by atoms with E-state index in [1.54, 1.807) is 41.3 Å². The molecule has 0 radical (unpaired) electrons. The molecule has 3 heterocycles. The van der Waals surface area contributed by atoms with Gasteiger partial charge in [0.05, 0.1) is 17.2 Å². The van der Waals surface area contributed by atoms with Crippen LogP contribution in [0.15, 0.2) is 67.3 Å². The normalized spacial score (nSPS) is 10.8. The number of non-ortho nitro benzene ring substituents is 1. The van der Waals surface area contributed by atoms with Crippen LogP contribution in [0, 0.1) is 15.9 Å². The highest BCUT2D eigenvalue weighted by molar-refractivity contribution is 5.71. The summed E-state index contributed by atoms with van der Waals surface area (Å²) in [4.78, 5) is 14.2. The fourth-order valence-corrected chi connectivity index (χ4v) is 2.57. The number of nitro groups is 1. The van der Waals surface area contributed by atoms with Crippen LogP contribution in [0.2, 0.25) is 0 Å². The Kier molecular flexibility index (Phi) is 3.77. The molecule has 0 fully saturated rings. The standard InChI is InChI=1S/C18H11FN4O3/c19-15-9-14(23(24)25)3-4-17(15)26-18-8-13(12-2-1-6-20-10-12)11-22-16(18)5-7-21-22/h1-11H. The maximum Gasteiger partial charge on any atom is 0.272 e. The highest BCUT2D eigenvalue weighted by Crippen LogP contribution is 2.33. The van der Waals surface area contributed by atoms with Crippen LogP contribution in [0.25, 0.3) is 16.6 Å². The largest absolute Gasteiger partial charge is 0.452 e. The Labute approximate surface area is 146 Å². The number of aromatic nitrogens is 3. The molecule has 0 spiro atoms. The van der Waals surface area contributed by atoms with Crippen LogP contribution in [-0.4, -0.2) is 19.5 Å². The van der Waals surface area contributed by atoms with Gasteiger partial charge in [-0.1, -0.05) is 6.07 Å². The van der Waals surface area contributed by atoms with E-state index >= 15 is 0 Å². The molecule has 4 aromatic rings. The number of hydrogen-bond donors (Lipinski definition) is 0. The first-order chi connectivity index (χ1) is 12.6. The Hall–Kier alpha value is -3.81. The first-order valence-electron chi connectivity index (χ1n) is 7.61. The molecule has 0 N–H and O–H groups in total. The van der Waals surface area contributed by atoms with Crippen LogP contribution in [0.3, 0.4) is 0 Å². The molecule has 0 saturated heterocycles. The van der Waals surface area contributed by atoms with Gasteiger partial charge in [0, 0.05) is 35.8 Å². The molecular weight excluding hydrogens is 339 g/mol. The Bertz CT molecular complexity index is 1110. The molecular formula is C18H11FN4O3. The minimum atomic E-state index is -0.816. The molecule has 0 bridgehead atoms. The summed E-state index contributed by atoms with van der Waals surface area (Å²) in [5.41, 5.74) is 1.93. The molecule has 7 nitrogen and oxygen atoms in total. The van der Waals surface area contributed by atoms with E-state index in [-0.39, 0.29) is 11.4 Å². The van der Waals surface area contributed by atoms with Crippen molar-refractivity contribution in [1.29, 1.82) is 0 Å². The summed E-state index contributed by atoms with van der Waals surface area (Å²) >= 11 is 0. The van der Waals surface area contributed by atoms with Crippen molar-refractivity contribution in [2.75, 3.05) is 0 Å². The third kappa shape index (κ3) is 2.84. The third-order valence-electron chi connectivity index (χ3n) is 3.81. The lowest BCUT2D eigenvalue weighted by atomic mass is 10.1. The number of halogens is 1. The van der Waals surface area contributed by atoms with Gasteiger partial charge in [0.2, 0.25) is 0 Å². The van der Waals surface area contributed by atoms with E-state index in [0.29, 0.717) is 11.3 Å². The zero-order valence-electron chi connectivity index (χ0n) is 13.2. The van der Waals surface area contributed by atoms with E-state index in [4.69, 9.17) is 4.74 Å². The summed E-state index contributed by atoms with van der Waals surface area (Å²) in [5.74, 6) is -0.553. The van der Waals surface area contributed by atoms with Gasteiger partial charge in [-0.05, 0) is 24.3 Å². The molecule has 0 atom stereocenters. The molecule has 0 aliphatic carbocycles. The number of pyridine rings is 2. The Balaban J connectivity index is 1.79. The van der Waals surface area contributed by atoms with Crippen molar-refractivity contribution in [3.63, 3.8) is 0 Å². The summed E-state index contributed by atoms with van der Waals surface area (Å²) in [6, 6.07) is 10.4. The number of rotatable bonds is 4. The van der Waals surface area contributed by atoms with Crippen LogP contribution in [-0.2, 0) is 0 Å². The fraction of sp³-hybridized carbons (Fsp3) is 0. The van der Waals surface area contributed by atoms with Crippen molar-refractivity contribution in [1.82, 2.24) is 14.6 Å². The predicted octanol–water partition coefficient (Wildman–Crippen LogP) is 4.24. The van der Waals surface area contributed by atoms with E-state index in [2.05, 4.69) is 10.1 Å². The van der Waals surface area contributed by atoms with Gasteiger partial charge in [0.25, 0.3) is 5.69 Å². The van der Waals surface area contributed by atoms with Crippen molar-refractivity contribution in [2.45, 2.75) is 0 Å². The molecule has 0 amide bonds. The van der Waals surface area contributed by atoms with Gasteiger partial charge < -0.3 is 4.74 Å². The van der Waals surface area contributed by atoms with Gasteiger partial charge >= 0.3 is 0 Å². The second-order valence-corrected chi connectivity index (χ2v) is 5.47. The predicted molar refractivity (Wildman–Crippen MR) is 91.6 cm³/mol. The van der Waals surface area contributed by atoms with Crippen molar-refractivity contribution in [2.24, 2.45) is 0 Å². The number of ether oxygens (including phenoxy) is 1. The molecule has 0 unspecified atom stereocenters. The maximum atomic E-state index is 14.2. The fourth-order valence-electron chi connectivity index (χ4n) is 2.57. The number of hydrogen-bond acceptors (Lipinski definition) is 5. The molecule has 0 aliphatic rings. The van der Waals surface area contributed by atoms with Gasteiger partial charge in [0.15, 0.2) is 17.3 Å². The molecule has 128 valence electrons. The third-order valence-corrected chi connectivity index (χ3v) is 3.81. The lowest BCUT2D eigenvalue weighted by molar-refractivity contribution is -0.385. The Morgan fingerprint density at radius 1 is 1.08 bits per heavy atom. The van der Waals surface area contributed by atoms with Crippen LogP contribution in [0.5, 0.6) is 11.5 Å². The van der Waals surface area contributed by atoms with Crippen LogP contribution in [0.4, 0.5) is 10.1 Å². The Morgan fingerprint density at radius 3 is 2.69 bits per heavy atom. The molecule has 8 heteroatoms. The van der Waals surface area contributed by atoms with E-state index < -0.39 is 10.7 Å². The summed E-state index contributed by atoms with van der Waals surface area (Å²) in [6.07, 6.45) is 6.77. The first-order valence-corrected chi connectivity index (χ1v) is 7.61. The minimum absolute atomic E-state index is 0.109. The molecule has 0 saturated carbocycles. The summed E-state index contributed by atoms with van der Waals surface area (Å²) in [7, 11) is 0. The minimum Gasteiger partial charge on any atom is -0.452 e. The van der Waals surface area contributed by atoms with Gasteiger partial charge in [0.1, 0.15) is 5.52 Å².